The molecule has 2 heterocycles. The molecule has 0 amide bonds. The number of aromatic nitrogens is 3. The highest BCUT2D eigenvalue weighted by molar-refractivity contribution is 5.73. The number of hydrogen-bond acceptors (Lipinski definition) is 3. The van der Waals surface area contributed by atoms with E-state index >= 15 is 0 Å². The number of carboxylic acids is 1. The van der Waals surface area contributed by atoms with Gasteiger partial charge in [-0.05, 0) is 26.0 Å². The van der Waals surface area contributed by atoms with Gasteiger partial charge in [0.15, 0.2) is 0 Å². The minimum absolute atomic E-state index is 0.364. The predicted octanol–water partition coefficient (Wildman–Crippen LogP) is 2.12. The van der Waals surface area contributed by atoms with Gasteiger partial charge in [0.1, 0.15) is 5.82 Å². The molecule has 0 bridgehead atoms. The first kappa shape index (κ1) is 12.3. The highest BCUT2D eigenvalue weighted by atomic mass is 16.4. The van der Waals surface area contributed by atoms with Crippen LogP contribution < -0.4 is 0 Å². The second-order valence-electron chi connectivity index (χ2n) is 4.85. The zero-order valence-electron chi connectivity index (χ0n) is 10.3. The van der Waals surface area contributed by atoms with Crippen molar-refractivity contribution in [1.82, 2.24) is 15.0 Å². The Labute approximate surface area is 105 Å². The van der Waals surface area contributed by atoms with E-state index in [0.717, 1.165) is 11.3 Å². The Morgan fingerprint density at radius 1 is 1.44 bits per heavy atom. The lowest BCUT2D eigenvalue weighted by molar-refractivity contribution is -0.146. The molecule has 2 aromatic rings. The van der Waals surface area contributed by atoms with E-state index < -0.39 is 11.4 Å². The zero-order chi connectivity index (χ0) is 13.2. The summed E-state index contributed by atoms with van der Waals surface area (Å²) in [6.45, 7) is 3.36. The topological polar surface area (TPSA) is 78.9 Å². The Hall–Kier alpha value is -2.17. The molecular weight excluding hydrogens is 230 g/mol. The summed E-state index contributed by atoms with van der Waals surface area (Å²) >= 11 is 0. The first-order chi connectivity index (χ1) is 8.49. The number of rotatable bonds is 4. The summed E-state index contributed by atoms with van der Waals surface area (Å²) in [6.07, 6.45) is 5.50. The van der Waals surface area contributed by atoms with Gasteiger partial charge in [0, 0.05) is 24.4 Å². The SMILES string of the molecule is CC(C)(Cc1ncc(-c2cccnc2)[nH]1)C(=O)O. The number of nitrogens with zero attached hydrogens (tertiary/aromatic N) is 2. The molecule has 0 unspecified atom stereocenters. The van der Waals surface area contributed by atoms with Crippen LogP contribution >= 0.6 is 0 Å². The van der Waals surface area contributed by atoms with E-state index in [-0.39, 0.29) is 0 Å². The number of carbonyl (C=O) groups is 1. The van der Waals surface area contributed by atoms with Gasteiger partial charge in [-0.2, -0.15) is 0 Å². The molecule has 2 aromatic heterocycles. The fourth-order valence-electron chi connectivity index (χ4n) is 1.62. The van der Waals surface area contributed by atoms with Crippen LogP contribution in [0, 0.1) is 5.41 Å². The van der Waals surface area contributed by atoms with E-state index in [1.807, 2.05) is 12.1 Å². The number of imidazole rings is 1. The molecule has 0 fully saturated rings. The highest BCUT2D eigenvalue weighted by Gasteiger charge is 2.28. The van der Waals surface area contributed by atoms with Crippen molar-refractivity contribution in [2.75, 3.05) is 0 Å². The Morgan fingerprint density at radius 2 is 2.22 bits per heavy atom. The van der Waals surface area contributed by atoms with E-state index in [0.29, 0.717) is 12.2 Å². The van der Waals surface area contributed by atoms with Crippen LogP contribution in [0.25, 0.3) is 11.3 Å². The van der Waals surface area contributed by atoms with Crippen molar-refractivity contribution in [2.45, 2.75) is 20.3 Å². The van der Waals surface area contributed by atoms with Crippen molar-refractivity contribution in [3.05, 3.63) is 36.5 Å². The number of pyridine rings is 1. The molecule has 0 radical (unpaired) electrons. The summed E-state index contributed by atoms with van der Waals surface area (Å²) in [4.78, 5) is 22.4. The van der Waals surface area contributed by atoms with Crippen LogP contribution in [0.3, 0.4) is 0 Å². The van der Waals surface area contributed by atoms with Crippen LogP contribution in [-0.4, -0.2) is 26.0 Å². The largest absolute Gasteiger partial charge is 0.481 e. The number of H-pyrrole nitrogens is 1. The van der Waals surface area contributed by atoms with Crippen molar-refractivity contribution >= 4 is 5.97 Å². The van der Waals surface area contributed by atoms with Crippen LogP contribution in [0.5, 0.6) is 0 Å². The maximum Gasteiger partial charge on any atom is 0.309 e. The fourth-order valence-corrected chi connectivity index (χ4v) is 1.62. The third-order valence-electron chi connectivity index (χ3n) is 2.79. The molecule has 5 heteroatoms. The zero-order valence-corrected chi connectivity index (χ0v) is 10.3. The lowest BCUT2D eigenvalue weighted by Gasteiger charge is -2.16. The lowest BCUT2D eigenvalue weighted by atomic mass is 9.89. The number of nitrogens with one attached hydrogen (secondary N) is 1. The molecule has 0 saturated carbocycles. The van der Waals surface area contributed by atoms with Gasteiger partial charge in [0.25, 0.3) is 0 Å². The smallest absolute Gasteiger partial charge is 0.309 e. The van der Waals surface area contributed by atoms with Gasteiger partial charge < -0.3 is 10.1 Å². The molecule has 5 nitrogen and oxygen atoms in total. The Morgan fingerprint density at radius 3 is 2.83 bits per heavy atom. The van der Waals surface area contributed by atoms with E-state index in [4.69, 9.17) is 5.11 Å². The van der Waals surface area contributed by atoms with Crippen molar-refractivity contribution in [2.24, 2.45) is 5.41 Å². The average molecular weight is 245 g/mol. The van der Waals surface area contributed by atoms with E-state index in [1.165, 1.54) is 0 Å². The van der Waals surface area contributed by atoms with Gasteiger partial charge in [-0.3, -0.25) is 9.78 Å². The van der Waals surface area contributed by atoms with Crippen LogP contribution in [-0.2, 0) is 11.2 Å². The fraction of sp³-hybridized carbons (Fsp3) is 0.308. The number of carboxylic acid groups (broad SMARTS) is 1. The van der Waals surface area contributed by atoms with E-state index in [9.17, 15) is 4.79 Å². The molecule has 0 aromatic carbocycles. The summed E-state index contributed by atoms with van der Waals surface area (Å²) in [7, 11) is 0. The standard InChI is InChI=1S/C13H15N3O2/c1-13(2,12(17)18)6-11-15-8-10(16-11)9-4-3-5-14-7-9/h3-5,7-8H,6H2,1-2H3,(H,15,16)(H,17,18). The molecule has 0 aliphatic carbocycles. The van der Waals surface area contributed by atoms with Gasteiger partial charge in [-0.25, -0.2) is 4.98 Å². The Bertz CT molecular complexity index is 546. The number of aliphatic carboxylic acids is 1. The van der Waals surface area contributed by atoms with E-state index in [2.05, 4.69) is 15.0 Å². The molecule has 2 rings (SSSR count). The van der Waals surface area contributed by atoms with Crippen molar-refractivity contribution in [3.8, 4) is 11.3 Å². The Balaban J connectivity index is 2.19. The second-order valence-corrected chi connectivity index (χ2v) is 4.85. The first-order valence-electron chi connectivity index (χ1n) is 5.67. The molecule has 94 valence electrons. The minimum Gasteiger partial charge on any atom is -0.481 e. The molecule has 2 N–H and O–H groups in total. The third-order valence-corrected chi connectivity index (χ3v) is 2.79. The number of aromatic amines is 1. The molecule has 0 aliphatic rings. The van der Waals surface area contributed by atoms with Crippen LogP contribution in [0.1, 0.15) is 19.7 Å². The van der Waals surface area contributed by atoms with Crippen LogP contribution in [0.15, 0.2) is 30.7 Å². The summed E-state index contributed by atoms with van der Waals surface area (Å²) in [6, 6.07) is 3.77. The van der Waals surface area contributed by atoms with Gasteiger partial charge in [-0.15, -0.1) is 0 Å². The molecule has 0 aliphatic heterocycles. The van der Waals surface area contributed by atoms with E-state index in [1.54, 1.807) is 32.4 Å². The highest BCUT2D eigenvalue weighted by Crippen LogP contribution is 2.22. The average Bonchev–Trinajstić information content (AvgIpc) is 2.78. The molecular formula is C13H15N3O2. The van der Waals surface area contributed by atoms with Gasteiger partial charge in [0.05, 0.1) is 17.3 Å². The lowest BCUT2D eigenvalue weighted by Crippen LogP contribution is -2.26. The third kappa shape index (κ3) is 2.56. The Kier molecular flexibility index (Phi) is 3.14. The summed E-state index contributed by atoms with van der Waals surface area (Å²) in [5.41, 5.74) is 0.952. The van der Waals surface area contributed by atoms with Crippen molar-refractivity contribution < 1.29 is 9.90 Å². The maximum atomic E-state index is 11.1. The maximum absolute atomic E-state index is 11.1. The first-order valence-corrected chi connectivity index (χ1v) is 5.67. The molecule has 18 heavy (non-hydrogen) atoms. The van der Waals surface area contributed by atoms with Crippen LogP contribution in [0.4, 0.5) is 0 Å². The van der Waals surface area contributed by atoms with Crippen LogP contribution in [0.2, 0.25) is 0 Å². The van der Waals surface area contributed by atoms with Gasteiger partial charge in [0.2, 0.25) is 0 Å². The molecule has 0 saturated heterocycles. The number of hydrogen-bond donors (Lipinski definition) is 2. The van der Waals surface area contributed by atoms with Gasteiger partial charge >= 0.3 is 5.97 Å². The van der Waals surface area contributed by atoms with Crippen molar-refractivity contribution in [1.29, 1.82) is 0 Å². The van der Waals surface area contributed by atoms with Crippen molar-refractivity contribution in [3.63, 3.8) is 0 Å². The summed E-state index contributed by atoms with van der Waals surface area (Å²) < 4.78 is 0. The minimum atomic E-state index is -0.832. The van der Waals surface area contributed by atoms with Gasteiger partial charge in [-0.1, -0.05) is 0 Å². The molecule has 0 spiro atoms. The summed E-state index contributed by atoms with van der Waals surface area (Å²) in [5.74, 6) is -0.164. The normalized spacial score (nSPS) is 11.4. The summed E-state index contributed by atoms with van der Waals surface area (Å²) in [5, 5.41) is 9.07. The predicted molar refractivity (Wildman–Crippen MR) is 66.9 cm³/mol. The quantitative estimate of drug-likeness (QED) is 0.864. The molecule has 0 atom stereocenters. The monoisotopic (exact) mass is 245 g/mol. The second kappa shape index (κ2) is 4.60.